The number of hydrogen-bond donors (Lipinski definition) is 1. The molecule has 1 heterocycles. The van der Waals surface area contributed by atoms with Crippen molar-refractivity contribution in [2.75, 3.05) is 19.6 Å². The highest BCUT2D eigenvalue weighted by atomic mass is 32.1. The Balaban J connectivity index is 2.31. The molecule has 0 aliphatic carbocycles. The summed E-state index contributed by atoms with van der Waals surface area (Å²) >= 11 is 1.76. The maximum atomic E-state index is 4.50. The number of aryl methyl sites for hydroxylation is 1. The van der Waals surface area contributed by atoms with Crippen LogP contribution in [0.2, 0.25) is 0 Å². The van der Waals surface area contributed by atoms with Crippen LogP contribution in [-0.2, 0) is 6.54 Å². The predicted octanol–water partition coefficient (Wildman–Crippen LogP) is 2.27. The van der Waals surface area contributed by atoms with E-state index in [1.54, 1.807) is 11.3 Å². The first-order valence-electron chi connectivity index (χ1n) is 5.98. The van der Waals surface area contributed by atoms with E-state index in [0.717, 1.165) is 31.9 Å². The molecule has 0 saturated carbocycles. The standard InChI is InChI=1S/C12H23N3S/c1-5-15(7-6-13-10(2)3)8-12-14-11(4)9-16-12/h9-10,13H,5-8H2,1-4H3. The molecular weight excluding hydrogens is 218 g/mol. The van der Waals surface area contributed by atoms with Crippen LogP contribution in [-0.4, -0.2) is 35.6 Å². The van der Waals surface area contributed by atoms with E-state index in [9.17, 15) is 0 Å². The van der Waals surface area contributed by atoms with Crippen LogP contribution in [0.5, 0.6) is 0 Å². The number of nitrogens with zero attached hydrogens (tertiary/aromatic N) is 2. The minimum atomic E-state index is 0.570. The van der Waals surface area contributed by atoms with Gasteiger partial charge in [-0.05, 0) is 13.5 Å². The molecule has 0 amide bonds. The molecule has 0 bridgehead atoms. The van der Waals surface area contributed by atoms with Crippen molar-refractivity contribution in [3.8, 4) is 0 Å². The van der Waals surface area contributed by atoms with Gasteiger partial charge in [-0.1, -0.05) is 20.8 Å². The van der Waals surface area contributed by atoms with Crippen LogP contribution in [0, 0.1) is 6.92 Å². The van der Waals surface area contributed by atoms with Crippen LogP contribution in [0.15, 0.2) is 5.38 Å². The molecule has 4 heteroatoms. The molecule has 0 aliphatic heterocycles. The van der Waals surface area contributed by atoms with Gasteiger partial charge in [-0.2, -0.15) is 0 Å². The van der Waals surface area contributed by atoms with Crippen molar-refractivity contribution in [2.24, 2.45) is 0 Å². The lowest BCUT2D eigenvalue weighted by atomic mass is 10.4. The van der Waals surface area contributed by atoms with Gasteiger partial charge in [0.15, 0.2) is 0 Å². The molecule has 0 atom stereocenters. The molecule has 0 aromatic carbocycles. The zero-order valence-electron chi connectivity index (χ0n) is 10.8. The van der Waals surface area contributed by atoms with Gasteiger partial charge in [-0.3, -0.25) is 4.90 Å². The normalized spacial score (nSPS) is 11.6. The first-order chi connectivity index (χ1) is 7.61. The number of rotatable bonds is 7. The minimum absolute atomic E-state index is 0.570. The van der Waals surface area contributed by atoms with E-state index < -0.39 is 0 Å². The molecule has 0 saturated heterocycles. The topological polar surface area (TPSA) is 28.2 Å². The monoisotopic (exact) mass is 241 g/mol. The van der Waals surface area contributed by atoms with Crippen LogP contribution in [0.25, 0.3) is 0 Å². The second-order valence-corrected chi connectivity index (χ2v) is 5.30. The number of likely N-dealkylation sites (N-methyl/N-ethyl adjacent to an activating group) is 1. The Hall–Kier alpha value is -0.450. The Kier molecular flexibility index (Phi) is 5.95. The van der Waals surface area contributed by atoms with Crippen molar-refractivity contribution in [2.45, 2.75) is 40.3 Å². The summed E-state index contributed by atoms with van der Waals surface area (Å²) in [6.45, 7) is 12.8. The number of nitrogens with one attached hydrogen (secondary N) is 1. The number of thiazole rings is 1. The fourth-order valence-corrected chi connectivity index (χ4v) is 2.34. The van der Waals surface area contributed by atoms with Crippen molar-refractivity contribution >= 4 is 11.3 Å². The lowest BCUT2D eigenvalue weighted by molar-refractivity contribution is 0.276. The molecular formula is C12H23N3S. The van der Waals surface area contributed by atoms with Gasteiger partial charge in [0, 0.05) is 30.2 Å². The first-order valence-corrected chi connectivity index (χ1v) is 6.86. The average Bonchev–Trinajstić information content (AvgIpc) is 2.62. The molecule has 92 valence electrons. The van der Waals surface area contributed by atoms with Crippen LogP contribution >= 0.6 is 11.3 Å². The Morgan fingerprint density at radius 3 is 2.75 bits per heavy atom. The molecule has 16 heavy (non-hydrogen) atoms. The van der Waals surface area contributed by atoms with Gasteiger partial charge < -0.3 is 5.32 Å². The molecule has 1 N–H and O–H groups in total. The third-order valence-corrected chi connectivity index (χ3v) is 3.40. The van der Waals surface area contributed by atoms with Gasteiger partial charge in [0.1, 0.15) is 5.01 Å². The third-order valence-electron chi connectivity index (χ3n) is 2.45. The van der Waals surface area contributed by atoms with E-state index in [1.165, 1.54) is 5.01 Å². The molecule has 0 fully saturated rings. The fourth-order valence-electron chi connectivity index (χ4n) is 1.53. The lowest BCUT2D eigenvalue weighted by Gasteiger charge is -2.20. The summed E-state index contributed by atoms with van der Waals surface area (Å²) in [5.41, 5.74) is 1.14. The molecule has 0 radical (unpaired) electrons. The van der Waals surface area contributed by atoms with Crippen LogP contribution < -0.4 is 5.32 Å². The zero-order chi connectivity index (χ0) is 12.0. The lowest BCUT2D eigenvalue weighted by Crippen LogP contribution is -2.34. The first kappa shape index (κ1) is 13.6. The Morgan fingerprint density at radius 1 is 1.50 bits per heavy atom. The second-order valence-electron chi connectivity index (χ2n) is 4.36. The van der Waals surface area contributed by atoms with E-state index in [0.29, 0.717) is 6.04 Å². The van der Waals surface area contributed by atoms with Gasteiger partial charge in [-0.15, -0.1) is 11.3 Å². The van der Waals surface area contributed by atoms with E-state index in [2.05, 4.69) is 48.3 Å². The average molecular weight is 241 g/mol. The van der Waals surface area contributed by atoms with Crippen LogP contribution in [0.1, 0.15) is 31.5 Å². The Labute approximate surface area is 103 Å². The van der Waals surface area contributed by atoms with Crippen LogP contribution in [0.4, 0.5) is 0 Å². The molecule has 0 spiro atoms. The summed E-state index contributed by atoms with van der Waals surface area (Å²) in [6.07, 6.45) is 0. The summed E-state index contributed by atoms with van der Waals surface area (Å²) < 4.78 is 0. The smallest absolute Gasteiger partial charge is 0.107 e. The SMILES string of the molecule is CCN(CCNC(C)C)Cc1nc(C)cs1. The predicted molar refractivity (Wildman–Crippen MR) is 70.9 cm³/mol. The van der Waals surface area contributed by atoms with E-state index in [1.807, 2.05) is 0 Å². The molecule has 3 nitrogen and oxygen atoms in total. The van der Waals surface area contributed by atoms with Gasteiger partial charge in [0.05, 0.1) is 6.54 Å². The summed E-state index contributed by atoms with van der Waals surface area (Å²) in [6, 6.07) is 0.570. The summed E-state index contributed by atoms with van der Waals surface area (Å²) in [5.74, 6) is 0. The quantitative estimate of drug-likeness (QED) is 0.794. The second kappa shape index (κ2) is 6.99. The number of aromatic nitrogens is 1. The van der Waals surface area contributed by atoms with Crippen molar-refractivity contribution in [1.82, 2.24) is 15.2 Å². The molecule has 1 rings (SSSR count). The van der Waals surface area contributed by atoms with Crippen LogP contribution in [0.3, 0.4) is 0 Å². The van der Waals surface area contributed by atoms with Gasteiger partial charge >= 0.3 is 0 Å². The van der Waals surface area contributed by atoms with Gasteiger partial charge in [-0.25, -0.2) is 4.98 Å². The maximum Gasteiger partial charge on any atom is 0.107 e. The molecule has 0 aliphatic rings. The summed E-state index contributed by atoms with van der Waals surface area (Å²) in [4.78, 5) is 6.92. The highest BCUT2D eigenvalue weighted by Gasteiger charge is 2.06. The van der Waals surface area contributed by atoms with Crippen molar-refractivity contribution in [3.05, 3.63) is 16.1 Å². The number of hydrogen-bond acceptors (Lipinski definition) is 4. The molecule has 0 unspecified atom stereocenters. The van der Waals surface area contributed by atoms with Crippen molar-refractivity contribution in [1.29, 1.82) is 0 Å². The van der Waals surface area contributed by atoms with Crippen molar-refractivity contribution < 1.29 is 0 Å². The summed E-state index contributed by atoms with van der Waals surface area (Å²) in [7, 11) is 0. The minimum Gasteiger partial charge on any atom is -0.313 e. The molecule has 1 aromatic rings. The fraction of sp³-hybridized carbons (Fsp3) is 0.750. The van der Waals surface area contributed by atoms with Gasteiger partial charge in [0.25, 0.3) is 0 Å². The largest absolute Gasteiger partial charge is 0.313 e. The maximum absolute atomic E-state index is 4.50. The van der Waals surface area contributed by atoms with E-state index in [4.69, 9.17) is 0 Å². The Bertz CT molecular complexity index is 296. The zero-order valence-corrected chi connectivity index (χ0v) is 11.6. The highest BCUT2D eigenvalue weighted by Crippen LogP contribution is 2.11. The van der Waals surface area contributed by atoms with E-state index in [-0.39, 0.29) is 0 Å². The van der Waals surface area contributed by atoms with Gasteiger partial charge in [0.2, 0.25) is 0 Å². The summed E-state index contributed by atoms with van der Waals surface area (Å²) in [5, 5.41) is 6.79. The highest BCUT2D eigenvalue weighted by molar-refractivity contribution is 7.09. The third kappa shape index (κ3) is 5.05. The van der Waals surface area contributed by atoms with Crippen molar-refractivity contribution in [3.63, 3.8) is 0 Å². The van der Waals surface area contributed by atoms with E-state index >= 15 is 0 Å². The molecule has 1 aromatic heterocycles. The Morgan fingerprint density at radius 2 is 2.25 bits per heavy atom.